The van der Waals surface area contributed by atoms with E-state index in [4.69, 9.17) is 4.74 Å². The van der Waals surface area contributed by atoms with Gasteiger partial charge in [-0.15, -0.1) is 0 Å². The van der Waals surface area contributed by atoms with E-state index >= 15 is 0 Å². The van der Waals surface area contributed by atoms with Gasteiger partial charge in [-0.2, -0.15) is 0 Å². The number of carbonyl (C=O) groups excluding carboxylic acids is 1. The summed E-state index contributed by atoms with van der Waals surface area (Å²) in [5.41, 5.74) is 1.88. The van der Waals surface area contributed by atoms with E-state index in [-0.39, 0.29) is 11.3 Å². The molecule has 0 atom stereocenters. The molecule has 2 aromatic rings. The van der Waals surface area contributed by atoms with Crippen molar-refractivity contribution in [1.82, 2.24) is 5.32 Å². The van der Waals surface area contributed by atoms with E-state index in [0.717, 1.165) is 24.2 Å². The SMILES string of the molecule is COc1ccc(C(C)(C)C(=O)NCC2(c3ccccc3)CC2)cc1. The first-order valence-corrected chi connectivity index (χ1v) is 8.46. The fraction of sp³-hybridized carbons (Fsp3) is 0.381. The molecule has 3 nitrogen and oxygen atoms in total. The van der Waals surface area contributed by atoms with Crippen molar-refractivity contribution in [2.24, 2.45) is 0 Å². The molecular weight excluding hydrogens is 298 g/mol. The quantitative estimate of drug-likeness (QED) is 0.877. The van der Waals surface area contributed by atoms with Gasteiger partial charge in [-0.1, -0.05) is 42.5 Å². The highest BCUT2D eigenvalue weighted by molar-refractivity contribution is 5.87. The van der Waals surface area contributed by atoms with Crippen LogP contribution in [0.25, 0.3) is 0 Å². The minimum absolute atomic E-state index is 0.0647. The predicted molar refractivity (Wildman–Crippen MR) is 96.4 cm³/mol. The van der Waals surface area contributed by atoms with Crippen molar-refractivity contribution < 1.29 is 9.53 Å². The molecule has 1 saturated carbocycles. The predicted octanol–water partition coefficient (Wildman–Crippen LogP) is 3.82. The number of rotatable bonds is 6. The Labute approximate surface area is 144 Å². The fourth-order valence-corrected chi connectivity index (χ4v) is 3.12. The smallest absolute Gasteiger partial charge is 0.230 e. The lowest BCUT2D eigenvalue weighted by molar-refractivity contribution is -0.125. The Hall–Kier alpha value is -2.29. The molecule has 0 aromatic heterocycles. The Kier molecular flexibility index (Phi) is 4.35. The lowest BCUT2D eigenvalue weighted by Gasteiger charge is -2.26. The third-order valence-corrected chi connectivity index (χ3v) is 5.21. The van der Waals surface area contributed by atoms with E-state index in [9.17, 15) is 4.79 Å². The number of hydrogen-bond acceptors (Lipinski definition) is 2. The average molecular weight is 323 g/mol. The second-order valence-corrected chi connectivity index (χ2v) is 7.18. The summed E-state index contributed by atoms with van der Waals surface area (Å²) >= 11 is 0. The molecule has 0 radical (unpaired) electrons. The lowest BCUT2D eigenvalue weighted by atomic mass is 9.83. The Balaban J connectivity index is 1.67. The summed E-state index contributed by atoms with van der Waals surface area (Å²) in [5, 5.41) is 3.18. The van der Waals surface area contributed by atoms with Gasteiger partial charge in [0.05, 0.1) is 12.5 Å². The molecule has 1 N–H and O–H groups in total. The highest BCUT2D eigenvalue weighted by Crippen LogP contribution is 2.47. The molecule has 1 aliphatic rings. The number of ether oxygens (including phenoxy) is 1. The summed E-state index contributed by atoms with van der Waals surface area (Å²) in [5.74, 6) is 0.867. The largest absolute Gasteiger partial charge is 0.497 e. The van der Waals surface area contributed by atoms with Gasteiger partial charge in [-0.25, -0.2) is 0 Å². The van der Waals surface area contributed by atoms with E-state index in [1.54, 1.807) is 7.11 Å². The molecule has 3 heteroatoms. The summed E-state index contributed by atoms with van der Waals surface area (Å²) in [7, 11) is 1.64. The summed E-state index contributed by atoms with van der Waals surface area (Å²) < 4.78 is 5.19. The first-order valence-electron chi connectivity index (χ1n) is 8.46. The maximum Gasteiger partial charge on any atom is 0.230 e. The molecule has 0 heterocycles. The van der Waals surface area contributed by atoms with Gasteiger partial charge in [0.1, 0.15) is 5.75 Å². The van der Waals surface area contributed by atoms with E-state index in [0.29, 0.717) is 6.54 Å². The van der Waals surface area contributed by atoms with Gasteiger partial charge >= 0.3 is 0 Å². The monoisotopic (exact) mass is 323 g/mol. The summed E-state index contributed by atoms with van der Waals surface area (Å²) in [4.78, 5) is 12.8. The first kappa shape index (κ1) is 16.6. The Bertz CT molecular complexity index is 700. The number of nitrogens with one attached hydrogen (secondary N) is 1. The minimum Gasteiger partial charge on any atom is -0.497 e. The van der Waals surface area contributed by atoms with E-state index in [1.165, 1.54) is 5.56 Å². The molecule has 0 spiro atoms. The molecular formula is C21H25NO2. The Morgan fingerprint density at radius 2 is 1.71 bits per heavy atom. The zero-order valence-electron chi connectivity index (χ0n) is 14.6. The zero-order valence-corrected chi connectivity index (χ0v) is 14.6. The van der Waals surface area contributed by atoms with Crippen molar-refractivity contribution in [3.05, 3.63) is 65.7 Å². The zero-order chi connectivity index (χ0) is 17.2. The molecule has 2 aromatic carbocycles. The third kappa shape index (κ3) is 3.16. The van der Waals surface area contributed by atoms with Crippen LogP contribution in [0, 0.1) is 0 Å². The molecule has 0 bridgehead atoms. The summed E-state index contributed by atoms with van der Waals surface area (Å²) in [6, 6.07) is 18.2. The highest BCUT2D eigenvalue weighted by atomic mass is 16.5. The molecule has 126 valence electrons. The van der Waals surface area contributed by atoms with Crippen LogP contribution < -0.4 is 10.1 Å². The molecule has 3 rings (SSSR count). The topological polar surface area (TPSA) is 38.3 Å². The molecule has 1 aliphatic carbocycles. The Morgan fingerprint density at radius 3 is 2.25 bits per heavy atom. The van der Waals surface area contributed by atoms with Crippen LogP contribution in [0.1, 0.15) is 37.8 Å². The van der Waals surface area contributed by atoms with Crippen molar-refractivity contribution in [1.29, 1.82) is 0 Å². The maximum atomic E-state index is 12.8. The van der Waals surface area contributed by atoms with E-state index in [2.05, 4.69) is 29.6 Å². The molecule has 24 heavy (non-hydrogen) atoms. The normalized spacial score (nSPS) is 15.6. The van der Waals surface area contributed by atoms with Gasteiger partial charge in [-0.05, 0) is 49.9 Å². The van der Waals surface area contributed by atoms with Gasteiger partial charge < -0.3 is 10.1 Å². The second-order valence-electron chi connectivity index (χ2n) is 7.18. The number of methoxy groups -OCH3 is 1. The van der Waals surface area contributed by atoms with Crippen LogP contribution in [0.4, 0.5) is 0 Å². The molecule has 1 amide bonds. The lowest BCUT2D eigenvalue weighted by Crippen LogP contribution is -2.43. The highest BCUT2D eigenvalue weighted by Gasteiger charge is 2.45. The number of amides is 1. The Morgan fingerprint density at radius 1 is 1.08 bits per heavy atom. The average Bonchev–Trinajstić information content (AvgIpc) is 3.41. The van der Waals surface area contributed by atoms with Crippen molar-refractivity contribution in [2.45, 2.75) is 37.5 Å². The van der Waals surface area contributed by atoms with Crippen molar-refractivity contribution in [2.75, 3.05) is 13.7 Å². The third-order valence-electron chi connectivity index (χ3n) is 5.21. The van der Waals surface area contributed by atoms with Crippen LogP contribution in [0.5, 0.6) is 5.75 Å². The van der Waals surface area contributed by atoms with E-state index in [1.807, 2.05) is 44.2 Å². The van der Waals surface area contributed by atoms with Crippen molar-refractivity contribution in [3.63, 3.8) is 0 Å². The fourth-order valence-electron chi connectivity index (χ4n) is 3.12. The summed E-state index contributed by atoms with van der Waals surface area (Å²) in [6.07, 6.45) is 2.28. The minimum atomic E-state index is -0.570. The van der Waals surface area contributed by atoms with Crippen LogP contribution >= 0.6 is 0 Å². The van der Waals surface area contributed by atoms with Crippen LogP contribution in [0.2, 0.25) is 0 Å². The number of carbonyl (C=O) groups is 1. The van der Waals surface area contributed by atoms with Gasteiger partial charge in [-0.3, -0.25) is 4.79 Å². The number of benzene rings is 2. The maximum absolute atomic E-state index is 12.8. The van der Waals surface area contributed by atoms with Crippen molar-refractivity contribution >= 4 is 5.91 Å². The molecule has 1 fully saturated rings. The van der Waals surface area contributed by atoms with Crippen LogP contribution in [-0.4, -0.2) is 19.6 Å². The second kappa shape index (κ2) is 6.31. The van der Waals surface area contributed by atoms with Crippen molar-refractivity contribution in [3.8, 4) is 5.75 Å². The van der Waals surface area contributed by atoms with Gasteiger partial charge in [0.2, 0.25) is 5.91 Å². The standard InChI is InChI=1S/C21H25NO2/c1-20(2,16-9-11-18(24-3)12-10-16)19(23)22-15-21(13-14-21)17-7-5-4-6-8-17/h4-12H,13-15H2,1-3H3,(H,22,23). The van der Waals surface area contributed by atoms with Gasteiger partial charge in [0.25, 0.3) is 0 Å². The van der Waals surface area contributed by atoms with Crippen LogP contribution in [0.15, 0.2) is 54.6 Å². The first-order chi connectivity index (χ1) is 11.5. The molecule has 0 unspecified atom stereocenters. The van der Waals surface area contributed by atoms with E-state index < -0.39 is 5.41 Å². The van der Waals surface area contributed by atoms with Crippen LogP contribution in [-0.2, 0) is 15.6 Å². The molecule has 0 aliphatic heterocycles. The van der Waals surface area contributed by atoms with Gasteiger partial charge in [0.15, 0.2) is 0 Å². The van der Waals surface area contributed by atoms with Crippen LogP contribution in [0.3, 0.4) is 0 Å². The summed E-state index contributed by atoms with van der Waals surface area (Å²) in [6.45, 7) is 4.63. The molecule has 0 saturated heterocycles. The number of hydrogen-bond donors (Lipinski definition) is 1. The van der Waals surface area contributed by atoms with Gasteiger partial charge in [0, 0.05) is 12.0 Å².